The van der Waals surface area contributed by atoms with Gasteiger partial charge in [-0.05, 0) is 101 Å². The summed E-state index contributed by atoms with van der Waals surface area (Å²) in [5, 5.41) is 0. The van der Waals surface area contributed by atoms with Gasteiger partial charge in [0.2, 0.25) is 0 Å². The minimum absolute atomic E-state index is 0. The maximum Gasteiger partial charge on any atom is 1.00 e. The van der Waals surface area contributed by atoms with Crippen molar-refractivity contribution in [2.24, 2.45) is 0 Å². The summed E-state index contributed by atoms with van der Waals surface area (Å²) in [5.41, 5.74) is 8.11. The van der Waals surface area contributed by atoms with Crippen molar-refractivity contribution >= 4 is 20.2 Å². The van der Waals surface area contributed by atoms with Crippen molar-refractivity contribution in [2.45, 2.75) is 31.1 Å². The van der Waals surface area contributed by atoms with Crippen LogP contribution < -0.4 is 68.6 Å². The summed E-state index contributed by atoms with van der Waals surface area (Å²) in [6, 6.07) is 41.2. The van der Waals surface area contributed by atoms with Crippen LogP contribution in [0.5, 0.6) is 11.5 Å². The minimum Gasteiger partial charge on any atom is -0.748 e. The molecule has 12 heteroatoms. The Morgan fingerprint density at radius 1 is 0.490 bits per heavy atom. The van der Waals surface area contributed by atoms with Gasteiger partial charge in [0, 0.05) is 11.5 Å². The summed E-state index contributed by atoms with van der Waals surface area (Å²) in [7, 11) is -8.49. The molecule has 0 aliphatic heterocycles. The van der Waals surface area contributed by atoms with Gasteiger partial charge in [-0.2, -0.15) is 0 Å². The SMILES string of the molecule is O=S(=O)([O-])CCCCOc1ccc(C2(c3ccc(OCCCCS(=O)(=O)[O-])cc3)c3ccccc3-c3ccc(-c4ccccc4)cc32)cc1.[Na+].[Na+]. The second-order valence-corrected chi connectivity index (χ2v) is 15.2. The first kappa shape index (κ1) is 41.3. The molecule has 0 radical (unpaired) electrons. The van der Waals surface area contributed by atoms with Gasteiger partial charge in [-0.25, -0.2) is 16.8 Å². The predicted molar refractivity (Wildman–Crippen MR) is 188 cm³/mol. The molecule has 0 amide bonds. The molecule has 5 aromatic carbocycles. The topological polar surface area (TPSA) is 133 Å². The molecule has 0 aromatic heterocycles. The second-order valence-electron chi connectivity index (χ2n) is 12.1. The van der Waals surface area contributed by atoms with E-state index in [9.17, 15) is 25.9 Å². The van der Waals surface area contributed by atoms with E-state index in [0.29, 0.717) is 37.6 Å². The molecule has 0 fully saturated rings. The Morgan fingerprint density at radius 2 is 0.961 bits per heavy atom. The zero-order valence-electron chi connectivity index (χ0n) is 28.8. The maximum absolute atomic E-state index is 10.9. The molecule has 1 aliphatic rings. The number of hydrogen-bond donors (Lipinski definition) is 0. The molecule has 6 rings (SSSR count). The molecule has 8 nitrogen and oxygen atoms in total. The van der Waals surface area contributed by atoms with Crippen molar-refractivity contribution in [3.05, 3.63) is 144 Å². The minimum atomic E-state index is -4.25. The normalized spacial score (nSPS) is 12.9. The van der Waals surface area contributed by atoms with Crippen molar-refractivity contribution in [3.63, 3.8) is 0 Å². The van der Waals surface area contributed by atoms with Crippen LogP contribution in [-0.2, 0) is 25.7 Å². The molecule has 0 bridgehead atoms. The molecule has 0 unspecified atom stereocenters. The molecule has 5 aromatic rings. The van der Waals surface area contributed by atoms with Gasteiger partial charge >= 0.3 is 59.1 Å². The van der Waals surface area contributed by atoms with Crippen LogP contribution in [0.25, 0.3) is 22.3 Å². The molecule has 0 saturated heterocycles. The second kappa shape index (κ2) is 18.0. The first-order chi connectivity index (χ1) is 23.5. The Morgan fingerprint density at radius 3 is 1.47 bits per heavy atom. The quantitative estimate of drug-likeness (QED) is 0.0870. The monoisotopic (exact) mass is 742 g/mol. The van der Waals surface area contributed by atoms with Crippen molar-refractivity contribution in [2.75, 3.05) is 24.7 Å². The van der Waals surface area contributed by atoms with Crippen molar-refractivity contribution in [1.29, 1.82) is 0 Å². The molecule has 0 N–H and O–H groups in total. The van der Waals surface area contributed by atoms with Gasteiger partial charge in [0.25, 0.3) is 0 Å². The number of unbranched alkanes of at least 4 members (excludes halogenated alkanes) is 2. The zero-order chi connectivity index (χ0) is 34.5. The summed E-state index contributed by atoms with van der Waals surface area (Å²) in [6.07, 6.45) is 1.38. The number of hydrogen-bond acceptors (Lipinski definition) is 8. The first-order valence-electron chi connectivity index (χ1n) is 16.2. The fraction of sp³-hybridized carbons (Fsp3) is 0.231. The van der Waals surface area contributed by atoms with Gasteiger partial charge in [0.15, 0.2) is 0 Å². The van der Waals surface area contributed by atoms with Crippen molar-refractivity contribution in [1.82, 2.24) is 0 Å². The third kappa shape index (κ3) is 9.94. The molecule has 51 heavy (non-hydrogen) atoms. The van der Waals surface area contributed by atoms with E-state index in [1.54, 1.807) is 0 Å². The van der Waals surface area contributed by atoms with E-state index in [-0.39, 0.29) is 72.0 Å². The zero-order valence-corrected chi connectivity index (χ0v) is 34.4. The Hall–Kier alpha value is -2.48. The van der Waals surface area contributed by atoms with Crippen molar-refractivity contribution in [3.8, 4) is 33.8 Å². The van der Waals surface area contributed by atoms with Crippen LogP contribution in [0.15, 0.2) is 121 Å². The van der Waals surface area contributed by atoms with Crippen LogP contribution >= 0.6 is 0 Å². The van der Waals surface area contributed by atoms with Crippen LogP contribution in [-0.4, -0.2) is 50.7 Å². The summed E-state index contributed by atoms with van der Waals surface area (Å²) in [4.78, 5) is 0. The van der Waals surface area contributed by atoms with Gasteiger partial charge in [0.05, 0.1) is 38.9 Å². The number of benzene rings is 5. The smallest absolute Gasteiger partial charge is 0.748 e. The number of rotatable bonds is 15. The Kier molecular flexibility index (Phi) is 14.6. The molecule has 0 heterocycles. The third-order valence-corrected chi connectivity index (χ3v) is 10.4. The maximum atomic E-state index is 10.9. The van der Waals surface area contributed by atoms with E-state index in [1.807, 2.05) is 48.5 Å². The fourth-order valence-electron chi connectivity index (χ4n) is 6.62. The summed E-state index contributed by atoms with van der Waals surface area (Å²) in [6.45, 7) is 0.584. The molecule has 0 spiro atoms. The Balaban J connectivity index is 0.00000292. The van der Waals surface area contributed by atoms with Crippen LogP contribution in [0.4, 0.5) is 0 Å². The molecular formula is C39H36Na2O8S2. The average Bonchev–Trinajstić information content (AvgIpc) is 3.38. The Labute approximate surface area is 344 Å². The standard InChI is InChI=1S/C39H38O8S2.2Na/c40-48(41,42)26-8-6-24-46-33-19-15-31(16-20-33)39(32-17-21-34(22-18-32)47-25-7-9-27-49(43,44)45)37-13-5-4-12-35(37)36-23-14-30(28-38(36)39)29-10-2-1-3-11-29;;/h1-5,10-23,28H,6-9,24-27H2,(H,40,41,42)(H,43,44,45);;/q;2*+1/p-2. The molecule has 0 atom stereocenters. The van der Waals surface area contributed by atoms with Gasteiger partial charge < -0.3 is 18.6 Å². The predicted octanol–water partition coefficient (Wildman–Crippen LogP) is 1.13. The number of fused-ring (bicyclic) bond motifs is 3. The largest absolute Gasteiger partial charge is 1.00 e. The van der Waals surface area contributed by atoms with E-state index in [4.69, 9.17) is 9.47 Å². The number of ether oxygens (including phenoxy) is 2. The van der Waals surface area contributed by atoms with Crippen LogP contribution in [0.3, 0.4) is 0 Å². The van der Waals surface area contributed by atoms with Gasteiger partial charge in [-0.15, -0.1) is 0 Å². The molecule has 1 aliphatic carbocycles. The fourth-order valence-corrected chi connectivity index (χ4v) is 7.74. The van der Waals surface area contributed by atoms with Crippen molar-refractivity contribution < 1.29 is 94.5 Å². The molecule has 0 saturated carbocycles. The van der Waals surface area contributed by atoms with E-state index in [2.05, 4.69) is 72.8 Å². The third-order valence-electron chi connectivity index (χ3n) is 8.84. The van der Waals surface area contributed by atoms with Crippen LogP contribution in [0.2, 0.25) is 0 Å². The summed E-state index contributed by atoms with van der Waals surface area (Å²) < 4.78 is 77.5. The first-order valence-corrected chi connectivity index (χ1v) is 19.3. The van der Waals surface area contributed by atoms with E-state index < -0.39 is 37.2 Å². The van der Waals surface area contributed by atoms with E-state index in [1.165, 1.54) is 0 Å². The van der Waals surface area contributed by atoms with Crippen LogP contribution in [0, 0.1) is 0 Å². The molecular weight excluding hydrogens is 707 g/mol. The molecule has 254 valence electrons. The van der Waals surface area contributed by atoms with E-state index in [0.717, 1.165) is 44.5 Å². The van der Waals surface area contributed by atoms with Crippen LogP contribution in [0.1, 0.15) is 47.9 Å². The van der Waals surface area contributed by atoms with E-state index >= 15 is 0 Å². The summed E-state index contributed by atoms with van der Waals surface area (Å²) in [5.74, 6) is 0.470. The average molecular weight is 743 g/mol. The summed E-state index contributed by atoms with van der Waals surface area (Å²) >= 11 is 0. The van der Waals surface area contributed by atoms with Gasteiger partial charge in [0.1, 0.15) is 11.5 Å². The Bertz CT molecular complexity index is 2040. The van der Waals surface area contributed by atoms with Gasteiger partial charge in [-0.1, -0.05) is 91.0 Å². The van der Waals surface area contributed by atoms with Gasteiger partial charge in [-0.3, -0.25) is 0 Å².